The van der Waals surface area contributed by atoms with Crippen molar-refractivity contribution >= 4 is 69.8 Å². The first-order valence-corrected chi connectivity index (χ1v) is 2.01. The minimum absolute atomic E-state index is 0. The van der Waals surface area contributed by atoms with Crippen LogP contribution in [0.2, 0.25) is 0 Å². The zero-order valence-corrected chi connectivity index (χ0v) is 4.36. The first-order chi connectivity index (χ1) is 4.16. The van der Waals surface area contributed by atoms with Crippen molar-refractivity contribution in [1.29, 1.82) is 0 Å². The topological polar surface area (TPSA) is 80.7 Å². The predicted molar refractivity (Wildman–Crippen MR) is 31.6 cm³/mol. The number of carbonyl (C=O) groups is 3. The molecule has 0 aliphatic heterocycles. The Hall–Kier alpha value is 0.246. The van der Waals surface area contributed by atoms with Crippen LogP contribution in [0.3, 0.4) is 0 Å². The third-order valence-electron chi connectivity index (χ3n) is 0.475. The molecule has 0 aromatic carbocycles. The molecule has 0 bridgehead atoms. The van der Waals surface area contributed by atoms with Crippen molar-refractivity contribution < 1.29 is 24.2 Å². The summed E-state index contributed by atoms with van der Waals surface area (Å²) in [4.78, 5) is 29.0. The van der Waals surface area contributed by atoms with Crippen LogP contribution in [0.25, 0.3) is 0 Å². The van der Waals surface area contributed by atoms with Gasteiger partial charge in [-0.3, -0.25) is 14.4 Å². The molecule has 10 heavy (non-hydrogen) atoms. The van der Waals surface area contributed by atoms with Gasteiger partial charge in [-0.15, -0.1) is 0 Å². The molecule has 0 amide bonds. The molecule has 0 spiro atoms. The summed E-state index contributed by atoms with van der Waals surface area (Å²) in [7, 11) is 0. The average Bonchev–Trinajstić information content (AvgIpc) is 1.63. The van der Waals surface area contributed by atoms with Crippen LogP contribution in [0, 0.1) is 0 Å². The minimum atomic E-state index is -1.32. The third kappa shape index (κ3) is 8.25. The van der Waals surface area contributed by atoms with Gasteiger partial charge in [-0.25, -0.2) is 0 Å². The fourth-order valence-corrected chi connectivity index (χ4v) is 0.219. The molecule has 5 nitrogen and oxygen atoms in total. The van der Waals surface area contributed by atoms with Crippen LogP contribution >= 0.6 is 0 Å². The van der Waals surface area contributed by atoms with Crippen LogP contribution in [0.4, 0.5) is 0 Å². The number of ether oxygens (including phenoxy) is 1. The standard InChI is InChI=1S/C4H4O5.K.H/c5-2-9-4(8)1-3(6)7;;/h2H,1H2,(H,6,7);;. The van der Waals surface area contributed by atoms with Crippen molar-refractivity contribution in [2.45, 2.75) is 6.42 Å². The summed E-state index contributed by atoms with van der Waals surface area (Å²) < 4.78 is 3.65. The summed E-state index contributed by atoms with van der Waals surface area (Å²) in [6, 6.07) is 0. The number of carbonyl (C=O) groups excluding carboxylic acids is 2. The molecule has 0 atom stereocenters. The summed E-state index contributed by atoms with van der Waals surface area (Å²) in [6.07, 6.45) is -0.779. The molecule has 52 valence electrons. The third-order valence-corrected chi connectivity index (χ3v) is 0.475. The predicted octanol–water partition coefficient (Wildman–Crippen LogP) is -1.49. The fraction of sp³-hybridized carbons (Fsp3) is 0.250. The number of esters is 1. The first-order valence-electron chi connectivity index (χ1n) is 2.01. The van der Waals surface area contributed by atoms with Gasteiger partial charge in [0, 0.05) is 0 Å². The Morgan fingerprint density at radius 3 is 2.30 bits per heavy atom. The van der Waals surface area contributed by atoms with E-state index >= 15 is 0 Å². The van der Waals surface area contributed by atoms with Crippen molar-refractivity contribution in [2.75, 3.05) is 0 Å². The summed E-state index contributed by atoms with van der Waals surface area (Å²) in [5.74, 6) is -2.38. The summed E-state index contributed by atoms with van der Waals surface area (Å²) in [6.45, 7) is -0.106. The van der Waals surface area contributed by atoms with Gasteiger partial charge in [-0.2, -0.15) is 0 Å². The molecule has 1 N–H and O–H groups in total. The van der Waals surface area contributed by atoms with Crippen molar-refractivity contribution in [3.8, 4) is 0 Å². The molecule has 0 heterocycles. The number of carboxylic acids is 1. The molecular formula is C4H5KO5. The van der Waals surface area contributed by atoms with Crippen LogP contribution in [0.15, 0.2) is 0 Å². The summed E-state index contributed by atoms with van der Waals surface area (Å²) in [5.41, 5.74) is 0. The SMILES string of the molecule is O=COC(=O)CC(=O)O.[KH]. The van der Waals surface area contributed by atoms with E-state index in [2.05, 4.69) is 4.74 Å². The van der Waals surface area contributed by atoms with Gasteiger partial charge in [0.2, 0.25) is 0 Å². The van der Waals surface area contributed by atoms with E-state index in [1.807, 2.05) is 0 Å². The van der Waals surface area contributed by atoms with Gasteiger partial charge in [0.25, 0.3) is 0 Å². The van der Waals surface area contributed by atoms with E-state index in [-0.39, 0.29) is 57.9 Å². The van der Waals surface area contributed by atoms with Crippen LogP contribution in [0.5, 0.6) is 0 Å². The molecule has 0 saturated heterocycles. The Morgan fingerprint density at radius 2 is 2.00 bits per heavy atom. The number of aliphatic carboxylic acids is 1. The van der Waals surface area contributed by atoms with E-state index in [9.17, 15) is 14.4 Å². The molecular weight excluding hydrogens is 167 g/mol. The van der Waals surface area contributed by atoms with E-state index in [0.29, 0.717) is 0 Å². The zero-order valence-electron chi connectivity index (χ0n) is 4.36. The van der Waals surface area contributed by atoms with E-state index in [1.165, 1.54) is 0 Å². The van der Waals surface area contributed by atoms with E-state index in [0.717, 1.165) is 0 Å². The quantitative estimate of drug-likeness (QED) is 0.243. The normalized spacial score (nSPS) is 7.20. The van der Waals surface area contributed by atoms with Crippen molar-refractivity contribution in [1.82, 2.24) is 0 Å². The van der Waals surface area contributed by atoms with Gasteiger partial charge in [-0.05, 0) is 0 Å². The number of carboxylic acid groups (broad SMARTS) is 1. The maximum absolute atomic E-state index is 10.0. The number of rotatable bonds is 3. The van der Waals surface area contributed by atoms with Gasteiger partial charge in [0.15, 0.2) is 0 Å². The molecule has 0 fully saturated rings. The van der Waals surface area contributed by atoms with Gasteiger partial charge in [-0.1, -0.05) is 0 Å². The number of hydrogen-bond acceptors (Lipinski definition) is 4. The van der Waals surface area contributed by atoms with Crippen molar-refractivity contribution in [3.63, 3.8) is 0 Å². The van der Waals surface area contributed by atoms with Crippen LogP contribution < -0.4 is 0 Å². The van der Waals surface area contributed by atoms with Gasteiger partial charge >= 0.3 is 69.8 Å². The summed E-state index contributed by atoms with van der Waals surface area (Å²) >= 11 is 0. The molecule has 0 rings (SSSR count). The molecule has 0 aliphatic carbocycles. The average molecular weight is 172 g/mol. The maximum atomic E-state index is 10.0. The second kappa shape index (κ2) is 7.35. The van der Waals surface area contributed by atoms with Crippen LogP contribution in [-0.4, -0.2) is 74.9 Å². The molecule has 0 aromatic heterocycles. The van der Waals surface area contributed by atoms with E-state index in [1.54, 1.807) is 0 Å². The first kappa shape index (κ1) is 12.9. The van der Waals surface area contributed by atoms with Crippen molar-refractivity contribution in [2.24, 2.45) is 0 Å². The van der Waals surface area contributed by atoms with Gasteiger partial charge in [0.05, 0.1) is 0 Å². The summed E-state index contributed by atoms with van der Waals surface area (Å²) in [5, 5.41) is 7.89. The Kier molecular flexibility index (Phi) is 9.47. The molecule has 6 heteroatoms. The van der Waals surface area contributed by atoms with E-state index < -0.39 is 18.4 Å². The van der Waals surface area contributed by atoms with Gasteiger partial charge in [0.1, 0.15) is 6.42 Å². The van der Waals surface area contributed by atoms with Crippen molar-refractivity contribution in [3.05, 3.63) is 0 Å². The van der Waals surface area contributed by atoms with Gasteiger partial charge < -0.3 is 9.84 Å². The Labute approximate surface area is 99.1 Å². The molecule has 0 aromatic rings. The Bertz CT molecular complexity index is 143. The Morgan fingerprint density at radius 1 is 1.50 bits per heavy atom. The molecule has 0 unspecified atom stereocenters. The second-order valence-corrected chi connectivity index (χ2v) is 1.16. The number of hydrogen-bond donors (Lipinski definition) is 1. The molecule has 0 radical (unpaired) electrons. The second-order valence-electron chi connectivity index (χ2n) is 1.16. The van der Waals surface area contributed by atoms with Crippen LogP contribution in [-0.2, 0) is 19.1 Å². The zero-order chi connectivity index (χ0) is 7.28. The monoisotopic (exact) mass is 172 g/mol. The molecule has 0 aliphatic rings. The Balaban J connectivity index is 0. The van der Waals surface area contributed by atoms with E-state index in [4.69, 9.17) is 5.11 Å². The fourth-order valence-electron chi connectivity index (χ4n) is 0.219. The van der Waals surface area contributed by atoms with Crippen LogP contribution in [0.1, 0.15) is 6.42 Å². The molecule has 0 saturated carbocycles.